The van der Waals surface area contributed by atoms with Gasteiger partial charge in [0, 0.05) is 13.1 Å². The van der Waals surface area contributed by atoms with Crippen LogP contribution in [0.2, 0.25) is 10.0 Å². The maximum Gasteiger partial charge on any atom is 0.431 e. The topological polar surface area (TPSA) is 90.2 Å². The molecule has 0 fully saturated rings. The molecule has 0 saturated carbocycles. The number of nitrogens with zero attached hydrogens (tertiary/aromatic N) is 2. The van der Waals surface area contributed by atoms with Crippen LogP contribution in [0.15, 0.2) is 27.8 Å². The van der Waals surface area contributed by atoms with E-state index in [-0.39, 0.29) is 37.8 Å². The highest BCUT2D eigenvalue weighted by molar-refractivity contribution is 7.92. The molecule has 0 bridgehead atoms. The number of alkyl halides is 3. The number of sulfonamides is 1. The molecule has 0 saturated heterocycles. The van der Waals surface area contributed by atoms with Gasteiger partial charge >= 0.3 is 11.9 Å². The van der Waals surface area contributed by atoms with Crippen LogP contribution in [0.1, 0.15) is 12.6 Å². The summed E-state index contributed by atoms with van der Waals surface area (Å²) >= 11 is 11.9. The Balaban J connectivity index is 2.78. The second-order valence-corrected chi connectivity index (χ2v) is 8.16. The summed E-state index contributed by atoms with van der Waals surface area (Å²) in [6.45, 7) is 1.36. The number of hydrogen-bond acceptors (Lipinski definition) is 4. The minimum Gasteiger partial charge on any atom is -0.292 e. The summed E-state index contributed by atoms with van der Waals surface area (Å²) < 4.78 is 65.0. The number of benzene rings is 1. The van der Waals surface area contributed by atoms with Crippen LogP contribution in [0.25, 0.3) is 5.69 Å². The molecule has 0 aliphatic carbocycles. The van der Waals surface area contributed by atoms with Crippen molar-refractivity contribution in [3.63, 3.8) is 0 Å². The largest absolute Gasteiger partial charge is 0.431 e. The molecule has 7 nitrogen and oxygen atoms in total. The van der Waals surface area contributed by atoms with E-state index in [9.17, 15) is 31.2 Å². The number of aromatic nitrogens is 2. The van der Waals surface area contributed by atoms with E-state index in [0.717, 1.165) is 19.2 Å². The van der Waals surface area contributed by atoms with Crippen LogP contribution in [-0.4, -0.2) is 23.3 Å². The number of nitrogens with one attached hydrogen (secondary N) is 1. The summed E-state index contributed by atoms with van der Waals surface area (Å²) in [6.07, 6.45) is -4.92. The molecule has 0 radical (unpaired) electrons. The number of rotatable bonds is 4. The summed E-state index contributed by atoms with van der Waals surface area (Å²) in [5.41, 5.74) is -4.56. The Morgan fingerprint density at radius 1 is 1.11 bits per heavy atom. The zero-order valence-corrected chi connectivity index (χ0v) is 16.1. The second-order valence-electron chi connectivity index (χ2n) is 5.33. The smallest absolute Gasteiger partial charge is 0.292 e. The third kappa shape index (κ3) is 4.30. The van der Waals surface area contributed by atoms with E-state index in [0.29, 0.717) is 4.57 Å². The molecular weight excluding hydrogens is 434 g/mol. The van der Waals surface area contributed by atoms with Crippen molar-refractivity contribution >= 4 is 38.9 Å². The van der Waals surface area contributed by atoms with Crippen LogP contribution in [0.3, 0.4) is 0 Å². The van der Waals surface area contributed by atoms with Crippen LogP contribution in [0.5, 0.6) is 0 Å². The van der Waals surface area contributed by atoms with Gasteiger partial charge in [0.1, 0.15) is 5.69 Å². The number of anilines is 1. The Bertz CT molecular complexity index is 1120. The standard InChI is InChI=1S/C14H12Cl2F3N3O4S/c1-3-27(25,26)20-9-5-10(8(16)4-7(9)15)22-12(23)6-11(14(17,18)19)21(2)13(22)24/h4-6,20H,3H2,1-2H3. The second kappa shape index (κ2) is 7.21. The Morgan fingerprint density at radius 3 is 2.22 bits per heavy atom. The lowest BCUT2D eigenvalue weighted by Crippen LogP contribution is -2.40. The molecule has 13 heteroatoms. The van der Waals surface area contributed by atoms with Crippen molar-refractivity contribution in [1.29, 1.82) is 0 Å². The lowest BCUT2D eigenvalue weighted by Gasteiger charge is -2.16. The first kappa shape index (κ1) is 21.3. The van der Waals surface area contributed by atoms with Crippen LogP contribution in [0, 0.1) is 0 Å². The lowest BCUT2D eigenvalue weighted by molar-refractivity contribution is -0.144. The Hall–Kier alpha value is -1.98. The van der Waals surface area contributed by atoms with Gasteiger partial charge in [-0.25, -0.2) is 17.8 Å². The lowest BCUT2D eigenvalue weighted by atomic mass is 10.2. The summed E-state index contributed by atoms with van der Waals surface area (Å²) in [5, 5.41) is -0.365. The van der Waals surface area contributed by atoms with Crippen LogP contribution >= 0.6 is 23.2 Å². The van der Waals surface area contributed by atoms with Crippen molar-refractivity contribution < 1.29 is 21.6 Å². The maximum atomic E-state index is 12.9. The zero-order chi connectivity index (χ0) is 20.7. The summed E-state index contributed by atoms with van der Waals surface area (Å²) in [7, 11) is -2.92. The Labute approximate surface area is 161 Å². The molecular formula is C14H12Cl2F3N3O4S. The molecule has 0 spiro atoms. The highest BCUT2D eigenvalue weighted by Crippen LogP contribution is 2.32. The van der Waals surface area contributed by atoms with Crippen molar-refractivity contribution in [2.45, 2.75) is 13.1 Å². The first-order valence-electron chi connectivity index (χ1n) is 7.18. The minimum atomic E-state index is -4.92. The van der Waals surface area contributed by atoms with E-state index in [1.165, 1.54) is 6.92 Å². The molecule has 0 unspecified atom stereocenters. The van der Waals surface area contributed by atoms with Gasteiger partial charge in [-0.2, -0.15) is 13.2 Å². The van der Waals surface area contributed by atoms with E-state index in [2.05, 4.69) is 4.72 Å². The molecule has 27 heavy (non-hydrogen) atoms. The first-order chi connectivity index (χ1) is 12.3. The molecule has 0 aliphatic rings. The first-order valence-corrected chi connectivity index (χ1v) is 9.59. The van der Waals surface area contributed by atoms with Gasteiger partial charge in [0.15, 0.2) is 0 Å². The fraction of sp³-hybridized carbons (Fsp3) is 0.286. The van der Waals surface area contributed by atoms with Gasteiger partial charge in [-0.05, 0) is 19.1 Å². The van der Waals surface area contributed by atoms with E-state index in [1.54, 1.807) is 0 Å². The van der Waals surface area contributed by atoms with Crippen molar-refractivity contribution in [3.8, 4) is 5.69 Å². The van der Waals surface area contributed by atoms with Crippen molar-refractivity contribution in [3.05, 3.63) is 54.8 Å². The number of hydrogen-bond donors (Lipinski definition) is 1. The van der Waals surface area contributed by atoms with E-state index >= 15 is 0 Å². The predicted molar refractivity (Wildman–Crippen MR) is 95.4 cm³/mol. The van der Waals surface area contributed by atoms with Gasteiger partial charge in [0.2, 0.25) is 10.0 Å². The van der Waals surface area contributed by atoms with Gasteiger partial charge in [0.05, 0.1) is 27.2 Å². The Kier molecular flexibility index (Phi) is 5.69. The SMILES string of the molecule is CCS(=O)(=O)Nc1cc(-n2c(=O)cc(C(F)(F)F)n(C)c2=O)c(Cl)cc1Cl. The van der Waals surface area contributed by atoms with E-state index in [1.807, 2.05) is 0 Å². The average molecular weight is 446 g/mol. The molecule has 1 aromatic carbocycles. The summed E-state index contributed by atoms with van der Waals surface area (Å²) in [4.78, 5) is 24.5. The third-order valence-electron chi connectivity index (χ3n) is 3.53. The molecule has 0 aliphatic heterocycles. The van der Waals surface area contributed by atoms with Crippen molar-refractivity contribution in [1.82, 2.24) is 9.13 Å². The van der Waals surface area contributed by atoms with Crippen molar-refractivity contribution in [2.24, 2.45) is 7.05 Å². The fourth-order valence-corrected chi connectivity index (χ4v) is 3.37. The monoisotopic (exact) mass is 445 g/mol. The molecule has 1 N–H and O–H groups in total. The van der Waals surface area contributed by atoms with Crippen molar-refractivity contribution in [2.75, 3.05) is 10.5 Å². The van der Waals surface area contributed by atoms with Gasteiger partial charge in [0.25, 0.3) is 5.56 Å². The number of halogens is 5. The third-order valence-corrected chi connectivity index (χ3v) is 5.44. The van der Waals surface area contributed by atoms with E-state index < -0.39 is 33.1 Å². The minimum absolute atomic E-state index is 0.127. The quantitative estimate of drug-likeness (QED) is 0.782. The van der Waals surface area contributed by atoms with Gasteiger partial charge < -0.3 is 0 Å². The molecule has 2 aromatic rings. The highest BCUT2D eigenvalue weighted by Gasteiger charge is 2.35. The summed E-state index contributed by atoms with van der Waals surface area (Å²) in [5.74, 6) is -0.288. The molecule has 148 valence electrons. The van der Waals surface area contributed by atoms with E-state index in [4.69, 9.17) is 23.2 Å². The fourth-order valence-electron chi connectivity index (χ4n) is 2.15. The molecule has 1 aromatic heterocycles. The molecule has 1 heterocycles. The molecule has 2 rings (SSSR count). The Morgan fingerprint density at radius 2 is 1.70 bits per heavy atom. The van der Waals surface area contributed by atoms with Gasteiger partial charge in [-0.1, -0.05) is 23.2 Å². The van der Waals surface area contributed by atoms with Crippen LogP contribution < -0.4 is 16.0 Å². The normalized spacial score (nSPS) is 12.3. The predicted octanol–water partition coefficient (Wildman–Crippen LogP) is 2.62. The summed E-state index contributed by atoms with van der Waals surface area (Å²) in [6, 6.07) is 2.30. The average Bonchev–Trinajstić information content (AvgIpc) is 2.53. The van der Waals surface area contributed by atoms with Crippen LogP contribution in [-0.2, 0) is 23.2 Å². The molecule has 0 atom stereocenters. The highest BCUT2D eigenvalue weighted by atomic mass is 35.5. The zero-order valence-electron chi connectivity index (χ0n) is 13.8. The van der Waals surface area contributed by atoms with Gasteiger partial charge in [-0.3, -0.25) is 14.1 Å². The molecule has 0 amide bonds. The maximum absolute atomic E-state index is 12.9. The van der Waals surface area contributed by atoms with Crippen LogP contribution in [0.4, 0.5) is 18.9 Å². The van der Waals surface area contributed by atoms with Gasteiger partial charge in [-0.15, -0.1) is 0 Å².